The average molecular weight is 404 g/mol. The molecule has 6 nitrogen and oxygen atoms in total. The molecule has 152 valence electrons. The minimum atomic E-state index is -4.58. The number of amides is 1. The average Bonchev–Trinajstić information content (AvgIpc) is 2.95. The van der Waals surface area contributed by atoms with Crippen molar-refractivity contribution in [3.63, 3.8) is 0 Å². The number of hydrogen-bond donors (Lipinski definition) is 0. The summed E-state index contributed by atoms with van der Waals surface area (Å²) < 4.78 is 39.4. The van der Waals surface area contributed by atoms with Crippen molar-refractivity contribution in [2.75, 3.05) is 31.1 Å². The summed E-state index contributed by atoms with van der Waals surface area (Å²) in [5.41, 5.74) is -0.118. The number of halogens is 3. The molecule has 3 rings (SSSR count). The van der Waals surface area contributed by atoms with E-state index in [0.29, 0.717) is 50.4 Å². The van der Waals surface area contributed by atoms with Crippen molar-refractivity contribution in [2.45, 2.75) is 19.1 Å². The topological polar surface area (TPSA) is 69.3 Å². The second-order valence-electron chi connectivity index (χ2n) is 6.76. The molecule has 1 aliphatic rings. The van der Waals surface area contributed by atoms with Crippen LogP contribution in [0.2, 0.25) is 0 Å². The van der Waals surface area contributed by atoms with Crippen LogP contribution in [0.4, 0.5) is 18.9 Å². The highest BCUT2D eigenvalue weighted by Crippen LogP contribution is 2.28. The number of carbonyl (C=O) groups excluding carboxylic acids is 1. The van der Waals surface area contributed by atoms with Gasteiger partial charge in [0.15, 0.2) is 0 Å². The van der Waals surface area contributed by atoms with Gasteiger partial charge in [-0.3, -0.25) is 9.59 Å². The lowest BCUT2D eigenvalue weighted by Crippen LogP contribution is -2.39. The van der Waals surface area contributed by atoms with Gasteiger partial charge in [-0.25, -0.2) is 0 Å². The van der Waals surface area contributed by atoms with Gasteiger partial charge in [0.25, 0.3) is 5.56 Å². The van der Waals surface area contributed by atoms with Gasteiger partial charge >= 0.3 is 6.18 Å². The molecule has 1 saturated heterocycles. The lowest BCUT2D eigenvalue weighted by atomic mass is 10.2. The first-order valence-corrected chi connectivity index (χ1v) is 9.08. The second kappa shape index (κ2) is 8.39. The van der Waals surface area contributed by atoms with Crippen LogP contribution in [0.3, 0.4) is 0 Å². The molecule has 1 aromatic heterocycles. The van der Waals surface area contributed by atoms with Crippen LogP contribution in [-0.4, -0.2) is 41.6 Å². The molecule has 0 bridgehead atoms. The molecule has 1 aromatic carbocycles. The van der Waals surface area contributed by atoms with Crippen molar-refractivity contribution < 1.29 is 18.0 Å². The normalized spacial score (nSPS) is 15.0. The lowest BCUT2D eigenvalue weighted by Gasteiger charge is -2.24. The maximum absolute atomic E-state index is 12.9. The predicted octanol–water partition coefficient (Wildman–Crippen LogP) is 2.48. The van der Waals surface area contributed by atoms with Gasteiger partial charge in [0, 0.05) is 44.1 Å². The Kier molecular flexibility index (Phi) is 5.92. The first-order chi connectivity index (χ1) is 13.8. The van der Waals surface area contributed by atoms with Gasteiger partial charge in [-0.2, -0.15) is 18.4 Å². The van der Waals surface area contributed by atoms with E-state index >= 15 is 0 Å². The number of rotatable bonds is 3. The van der Waals surface area contributed by atoms with E-state index < -0.39 is 29.8 Å². The van der Waals surface area contributed by atoms with Crippen molar-refractivity contribution >= 4 is 11.6 Å². The summed E-state index contributed by atoms with van der Waals surface area (Å²) in [4.78, 5) is 28.1. The standard InChI is InChI=1S/C20H19F3N4O2/c21-20(22,23)16-4-7-18(28)27(13-16)14-19(29)26-9-1-8-25(10-11-26)17-5-2-15(12-24)3-6-17/h2-7,13H,1,8-11,14H2. The van der Waals surface area contributed by atoms with Gasteiger partial charge in [-0.1, -0.05) is 0 Å². The Morgan fingerprint density at radius 1 is 1.03 bits per heavy atom. The third kappa shape index (κ3) is 4.96. The number of carbonyl (C=O) groups is 1. The zero-order chi connectivity index (χ0) is 21.0. The first kappa shape index (κ1) is 20.5. The minimum Gasteiger partial charge on any atom is -0.370 e. The van der Waals surface area contributed by atoms with Gasteiger partial charge in [-0.15, -0.1) is 0 Å². The van der Waals surface area contributed by atoms with Crippen LogP contribution in [0.15, 0.2) is 47.4 Å². The molecule has 29 heavy (non-hydrogen) atoms. The van der Waals surface area contributed by atoms with Crippen LogP contribution in [0, 0.1) is 11.3 Å². The van der Waals surface area contributed by atoms with Crippen LogP contribution in [0.5, 0.6) is 0 Å². The lowest BCUT2D eigenvalue weighted by molar-refractivity contribution is -0.138. The largest absolute Gasteiger partial charge is 0.417 e. The van der Waals surface area contributed by atoms with Crippen molar-refractivity contribution in [1.82, 2.24) is 9.47 Å². The maximum Gasteiger partial charge on any atom is 0.417 e. The van der Waals surface area contributed by atoms with Crippen LogP contribution in [-0.2, 0) is 17.5 Å². The fraction of sp³-hybridized carbons (Fsp3) is 0.350. The Bertz CT molecular complexity index is 977. The molecule has 0 aliphatic carbocycles. The number of aromatic nitrogens is 1. The Morgan fingerprint density at radius 3 is 2.41 bits per heavy atom. The predicted molar refractivity (Wildman–Crippen MR) is 100 cm³/mol. The van der Waals surface area contributed by atoms with E-state index in [1.54, 1.807) is 17.0 Å². The van der Waals surface area contributed by atoms with Gasteiger partial charge in [-0.05, 0) is 36.8 Å². The smallest absolute Gasteiger partial charge is 0.370 e. The molecule has 1 aliphatic heterocycles. The minimum absolute atomic E-state index is 0.395. The molecule has 0 N–H and O–H groups in total. The molecule has 0 radical (unpaired) electrons. The molecular formula is C20H19F3N4O2. The van der Waals surface area contributed by atoms with Crippen molar-refractivity contribution in [3.8, 4) is 6.07 Å². The fourth-order valence-electron chi connectivity index (χ4n) is 3.24. The number of nitrogens with zero attached hydrogens (tertiary/aromatic N) is 4. The van der Waals surface area contributed by atoms with Crippen molar-refractivity contribution in [3.05, 3.63) is 64.1 Å². The Balaban J connectivity index is 1.67. The third-order valence-corrected chi connectivity index (χ3v) is 4.83. The quantitative estimate of drug-likeness (QED) is 0.788. The van der Waals surface area contributed by atoms with Crippen LogP contribution in [0.25, 0.3) is 0 Å². The molecule has 0 saturated carbocycles. The molecule has 0 spiro atoms. The number of nitriles is 1. The number of alkyl halides is 3. The van der Waals surface area contributed by atoms with Gasteiger partial charge < -0.3 is 14.4 Å². The van der Waals surface area contributed by atoms with Crippen LogP contribution in [0.1, 0.15) is 17.5 Å². The third-order valence-electron chi connectivity index (χ3n) is 4.83. The van der Waals surface area contributed by atoms with Crippen LogP contribution >= 0.6 is 0 Å². The molecule has 0 unspecified atom stereocenters. The monoisotopic (exact) mass is 404 g/mol. The highest BCUT2D eigenvalue weighted by atomic mass is 19.4. The maximum atomic E-state index is 12.9. The zero-order valence-electron chi connectivity index (χ0n) is 15.5. The van der Waals surface area contributed by atoms with Crippen molar-refractivity contribution in [2.24, 2.45) is 0 Å². The van der Waals surface area contributed by atoms with Crippen LogP contribution < -0.4 is 10.5 Å². The van der Waals surface area contributed by atoms with Gasteiger partial charge in [0.05, 0.1) is 17.2 Å². The molecular weight excluding hydrogens is 385 g/mol. The van der Waals surface area contributed by atoms with E-state index in [1.165, 1.54) is 0 Å². The van der Waals surface area contributed by atoms with E-state index in [2.05, 4.69) is 11.0 Å². The van der Waals surface area contributed by atoms with E-state index in [-0.39, 0.29) is 0 Å². The molecule has 2 heterocycles. The number of pyridine rings is 1. The number of anilines is 1. The number of benzene rings is 1. The van der Waals surface area contributed by atoms with E-state index in [4.69, 9.17) is 5.26 Å². The van der Waals surface area contributed by atoms with E-state index in [1.807, 2.05) is 12.1 Å². The molecule has 2 aromatic rings. The molecule has 0 atom stereocenters. The first-order valence-electron chi connectivity index (χ1n) is 9.08. The summed E-state index contributed by atoms with van der Waals surface area (Å²) in [6.07, 6.45) is -3.22. The second-order valence-corrected chi connectivity index (χ2v) is 6.76. The zero-order valence-corrected chi connectivity index (χ0v) is 15.5. The summed E-state index contributed by atoms with van der Waals surface area (Å²) in [5, 5.41) is 8.89. The molecule has 1 amide bonds. The van der Waals surface area contributed by atoms with Gasteiger partial charge in [0.2, 0.25) is 5.91 Å². The Morgan fingerprint density at radius 2 is 1.76 bits per heavy atom. The van der Waals surface area contributed by atoms with E-state index in [0.717, 1.165) is 16.3 Å². The fourth-order valence-corrected chi connectivity index (χ4v) is 3.24. The summed E-state index contributed by atoms with van der Waals surface area (Å²) >= 11 is 0. The van der Waals surface area contributed by atoms with Crippen molar-refractivity contribution in [1.29, 1.82) is 5.26 Å². The molecule has 9 heteroatoms. The highest BCUT2D eigenvalue weighted by molar-refractivity contribution is 5.76. The van der Waals surface area contributed by atoms with Gasteiger partial charge in [0.1, 0.15) is 6.54 Å². The highest BCUT2D eigenvalue weighted by Gasteiger charge is 2.31. The van der Waals surface area contributed by atoms with E-state index in [9.17, 15) is 22.8 Å². The summed E-state index contributed by atoms with van der Waals surface area (Å²) in [6.45, 7) is 1.68. The SMILES string of the molecule is N#Cc1ccc(N2CCCN(C(=O)Cn3cc(C(F)(F)F)ccc3=O)CC2)cc1. The Hall–Kier alpha value is -3.28. The number of hydrogen-bond acceptors (Lipinski definition) is 4. The molecule has 1 fully saturated rings. The summed E-state index contributed by atoms with van der Waals surface area (Å²) in [5.74, 6) is -0.395. The summed E-state index contributed by atoms with van der Waals surface area (Å²) in [7, 11) is 0. The Labute approximate surface area is 165 Å². The summed E-state index contributed by atoms with van der Waals surface area (Å²) in [6, 6.07) is 10.7.